The van der Waals surface area contributed by atoms with Gasteiger partial charge in [-0.1, -0.05) is 34.8 Å². The van der Waals surface area contributed by atoms with Gasteiger partial charge >= 0.3 is 0 Å². The zero-order valence-electron chi connectivity index (χ0n) is 12.4. The van der Waals surface area contributed by atoms with E-state index in [1.807, 2.05) is 0 Å². The number of amides is 1. The van der Waals surface area contributed by atoms with Crippen LogP contribution in [-0.2, 0) is 0 Å². The van der Waals surface area contributed by atoms with Crippen molar-refractivity contribution in [2.75, 3.05) is 5.32 Å². The first-order valence-corrected chi connectivity index (χ1v) is 7.64. The molecule has 0 aliphatic heterocycles. The number of halogens is 3. The Hall–Kier alpha value is -2.42. The van der Waals surface area contributed by atoms with E-state index < -0.39 is 27.1 Å². The molecule has 0 saturated heterocycles. The number of anilines is 1. The first-order chi connectivity index (χ1) is 11.6. The van der Waals surface area contributed by atoms with Crippen molar-refractivity contribution in [2.24, 2.45) is 0 Å². The second kappa shape index (κ2) is 7.22. The highest BCUT2D eigenvalue weighted by atomic mass is 35.5. The van der Waals surface area contributed by atoms with Gasteiger partial charge in [-0.15, -0.1) is 0 Å². The Morgan fingerprint density at radius 2 is 1.40 bits per heavy atom. The fraction of sp³-hybridized carbons (Fsp3) is 0.0714. The Labute approximate surface area is 155 Å². The number of nitro benzene ring substituents is 2. The van der Waals surface area contributed by atoms with E-state index in [0.29, 0.717) is 0 Å². The molecule has 0 aromatic heterocycles. The lowest BCUT2D eigenvalue weighted by Crippen LogP contribution is -2.13. The number of nitrogens with one attached hydrogen (secondary N) is 1. The number of hydrogen-bond acceptors (Lipinski definition) is 5. The van der Waals surface area contributed by atoms with Gasteiger partial charge in [0.1, 0.15) is 5.56 Å². The number of nitro groups is 2. The van der Waals surface area contributed by atoms with Crippen molar-refractivity contribution in [2.45, 2.75) is 6.92 Å². The Bertz CT molecular complexity index is 882. The third-order valence-electron chi connectivity index (χ3n) is 3.27. The molecule has 0 aliphatic carbocycles. The Balaban J connectivity index is 2.48. The maximum Gasteiger partial charge on any atom is 0.279 e. The van der Waals surface area contributed by atoms with Crippen LogP contribution in [0.2, 0.25) is 15.1 Å². The number of hydrogen-bond donors (Lipinski definition) is 1. The van der Waals surface area contributed by atoms with Crippen molar-refractivity contribution in [3.05, 3.63) is 70.7 Å². The molecule has 0 bridgehead atoms. The van der Waals surface area contributed by atoms with Crippen molar-refractivity contribution in [3.8, 4) is 0 Å². The molecule has 0 saturated carbocycles. The summed E-state index contributed by atoms with van der Waals surface area (Å²) in [6.07, 6.45) is 0. The molecule has 2 aromatic carbocycles. The lowest BCUT2D eigenvalue weighted by molar-refractivity contribution is -0.395. The van der Waals surface area contributed by atoms with Crippen LogP contribution in [0.4, 0.5) is 17.1 Å². The van der Waals surface area contributed by atoms with Crippen LogP contribution in [0.5, 0.6) is 0 Å². The Morgan fingerprint density at radius 1 is 0.920 bits per heavy atom. The summed E-state index contributed by atoms with van der Waals surface area (Å²) in [5.74, 6) is -0.827. The second-order valence-corrected chi connectivity index (χ2v) is 6.08. The van der Waals surface area contributed by atoms with Crippen LogP contribution in [0.1, 0.15) is 15.9 Å². The highest BCUT2D eigenvalue weighted by Crippen LogP contribution is 2.33. The van der Waals surface area contributed by atoms with Crippen molar-refractivity contribution in [1.82, 2.24) is 0 Å². The average Bonchev–Trinajstić information content (AvgIpc) is 2.52. The molecule has 0 spiro atoms. The predicted octanol–water partition coefficient (Wildman–Crippen LogP) is 5.02. The highest BCUT2D eigenvalue weighted by molar-refractivity contribution is 6.44. The largest absolute Gasteiger partial charge is 0.321 e. The minimum atomic E-state index is -0.827. The van der Waals surface area contributed by atoms with Crippen LogP contribution < -0.4 is 5.32 Å². The van der Waals surface area contributed by atoms with Crippen LogP contribution in [-0.4, -0.2) is 15.8 Å². The van der Waals surface area contributed by atoms with Gasteiger partial charge in [0.2, 0.25) is 0 Å². The van der Waals surface area contributed by atoms with E-state index in [-0.39, 0.29) is 31.9 Å². The molecule has 0 radical (unpaired) electrons. The number of carbonyl (C=O) groups is 1. The lowest BCUT2D eigenvalue weighted by Gasteiger charge is -2.09. The monoisotopic (exact) mass is 403 g/mol. The van der Waals surface area contributed by atoms with Gasteiger partial charge in [0, 0.05) is 12.1 Å². The number of carbonyl (C=O) groups excluding carboxylic acids is 1. The average molecular weight is 405 g/mol. The molecule has 8 nitrogen and oxygen atoms in total. The molecule has 130 valence electrons. The van der Waals surface area contributed by atoms with Crippen molar-refractivity contribution < 1.29 is 14.6 Å². The van der Waals surface area contributed by atoms with Crippen LogP contribution in [0.15, 0.2) is 24.3 Å². The van der Waals surface area contributed by atoms with E-state index >= 15 is 0 Å². The minimum absolute atomic E-state index is 0.0823. The molecule has 0 fully saturated rings. The molecule has 2 aromatic rings. The second-order valence-electron chi connectivity index (χ2n) is 4.85. The van der Waals surface area contributed by atoms with Crippen LogP contribution in [0.3, 0.4) is 0 Å². The van der Waals surface area contributed by atoms with E-state index in [1.54, 1.807) is 0 Å². The summed E-state index contributed by atoms with van der Waals surface area (Å²) in [6, 6.07) is 4.49. The summed E-state index contributed by atoms with van der Waals surface area (Å²) < 4.78 is 0. The molecule has 0 unspecified atom stereocenters. The lowest BCUT2D eigenvalue weighted by atomic mass is 10.1. The molecule has 1 amide bonds. The normalized spacial score (nSPS) is 10.4. The third kappa shape index (κ3) is 3.98. The van der Waals surface area contributed by atoms with E-state index in [4.69, 9.17) is 34.8 Å². The summed E-state index contributed by atoms with van der Waals surface area (Å²) in [7, 11) is 0. The molecule has 0 atom stereocenters. The smallest absolute Gasteiger partial charge is 0.279 e. The maximum absolute atomic E-state index is 12.3. The van der Waals surface area contributed by atoms with Crippen LogP contribution in [0, 0.1) is 27.2 Å². The summed E-state index contributed by atoms with van der Waals surface area (Å²) in [4.78, 5) is 32.9. The standard InChI is InChI=1S/C14H8Cl3N3O5/c1-6-12(19(22)23)2-7(3-13(6)20(24)25)14(21)18-11-5-9(16)8(15)4-10(11)17/h2-5H,1H3,(H,18,21). The number of rotatable bonds is 4. The van der Waals surface area contributed by atoms with Crippen molar-refractivity contribution in [3.63, 3.8) is 0 Å². The SMILES string of the molecule is Cc1c([N+](=O)[O-])cc(C(=O)Nc2cc(Cl)c(Cl)cc2Cl)cc1[N+](=O)[O-]. The first-order valence-electron chi connectivity index (χ1n) is 6.51. The van der Waals surface area contributed by atoms with Gasteiger partial charge in [0.05, 0.1) is 36.2 Å². The number of nitrogens with zero attached hydrogens (tertiary/aromatic N) is 2. The Morgan fingerprint density at radius 3 is 1.88 bits per heavy atom. The van der Waals surface area contributed by atoms with E-state index in [1.165, 1.54) is 19.1 Å². The van der Waals surface area contributed by atoms with Gasteiger partial charge in [0.15, 0.2) is 0 Å². The van der Waals surface area contributed by atoms with Crippen LogP contribution in [0.25, 0.3) is 0 Å². The zero-order valence-corrected chi connectivity index (χ0v) is 14.6. The van der Waals surface area contributed by atoms with Gasteiger partial charge in [-0.05, 0) is 19.1 Å². The first kappa shape index (κ1) is 18.9. The summed E-state index contributed by atoms with van der Waals surface area (Å²) in [5, 5.41) is 24.9. The third-order valence-corrected chi connectivity index (χ3v) is 4.30. The van der Waals surface area contributed by atoms with E-state index in [9.17, 15) is 25.0 Å². The van der Waals surface area contributed by atoms with Crippen molar-refractivity contribution >= 4 is 57.8 Å². The maximum atomic E-state index is 12.3. The van der Waals surface area contributed by atoms with Gasteiger partial charge < -0.3 is 5.32 Å². The molecule has 2 rings (SSSR count). The fourth-order valence-electron chi connectivity index (χ4n) is 2.01. The van der Waals surface area contributed by atoms with Crippen LogP contribution >= 0.6 is 34.8 Å². The van der Waals surface area contributed by atoms with Gasteiger partial charge in [0.25, 0.3) is 17.3 Å². The summed E-state index contributed by atoms with van der Waals surface area (Å²) >= 11 is 17.6. The molecule has 0 heterocycles. The molecule has 11 heteroatoms. The van der Waals surface area contributed by atoms with E-state index in [2.05, 4.69) is 5.32 Å². The molecule has 25 heavy (non-hydrogen) atoms. The molecular weight excluding hydrogens is 397 g/mol. The highest BCUT2D eigenvalue weighted by Gasteiger charge is 2.25. The van der Waals surface area contributed by atoms with Crippen molar-refractivity contribution in [1.29, 1.82) is 0 Å². The topological polar surface area (TPSA) is 115 Å². The summed E-state index contributed by atoms with van der Waals surface area (Å²) in [5.41, 5.74) is -1.41. The Kier molecular flexibility index (Phi) is 5.46. The number of benzene rings is 2. The molecule has 1 N–H and O–H groups in total. The molecule has 0 aliphatic rings. The van der Waals surface area contributed by atoms with E-state index in [0.717, 1.165) is 12.1 Å². The summed E-state index contributed by atoms with van der Waals surface area (Å²) in [6.45, 7) is 1.23. The van der Waals surface area contributed by atoms with Gasteiger partial charge in [-0.25, -0.2) is 0 Å². The molecular formula is C14H8Cl3N3O5. The fourth-order valence-corrected chi connectivity index (χ4v) is 2.60. The predicted molar refractivity (Wildman–Crippen MR) is 93.9 cm³/mol. The minimum Gasteiger partial charge on any atom is -0.321 e. The zero-order chi connectivity index (χ0) is 18.9. The van der Waals surface area contributed by atoms with Gasteiger partial charge in [-0.2, -0.15) is 0 Å². The quantitative estimate of drug-likeness (QED) is 0.436. The van der Waals surface area contributed by atoms with Gasteiger partial charge in [-0.3, -0.25) is 25.0 Å².